The summed E-state index contributed by atoms with van der Waals surface area (Å²) in [6.45, 7) is 10.9. The van der Waals surface area contributed by atoms with Crippen molar-refractivity contribution in [1.82, 2.24) is 10.2 Å². The smallest absolute Gasteiger partial charge is 0.264 e. The third kappa shape index (κ3) is 10.8. The molecule has 0 saturated heterocycles. The lowest BCUT2D eigenvalue weighted by molar-refractivity contribution is -0.438. The molecule has 0 fully saturated rings. The highest BCUT2D eigenvalue weighted by Gasteiger charge is 2.45. The lowest BCUT2D eigenvalue weighted by Gasteiger charge is -2.27. The second-order valence-electron chi connectivity index (χ2n) is 18.1. The van der Waals surface area contributed by atoms with Gasteiger partial charge in [-0.25, -0.2) is 0 Å². The summed E-state index contributed by atoms with van der Waals surface area (Å²) in [6.07, 6.45) is 29.0. The molecule has 4 aromatic carbocycles. The van der Waals surface area contributed by atoms with Crippen molar-refractivity contribution in [3.8, 4) is 0 Å². The van der Waals surface area contributed by atoms with Crippen LogP contribution >= 0.6 is 0 Å². The lowest BCUT2D eigenvalue weighted by Crippen LogP contribution is -2.38. The Morgan fingerprint density at radius 2 is 1.27 bits per heavy atom. The van der Waals surface area contributed by atoms with Gasteiger partial charge in [0.15, 0.2) is 5.71 Å². The zero-order valence-corrected chi connectivity index (χ0v) is 39.3. The Morgan fingerprint density at radius 1 is 0.667 bits per heavy atom. The molecule has 0 aromatic heterocycles. The Labute approximate surface area is 389 Å². The fourth-order valence-electron chi connectivity index (χ4n) is 9.63. The summed E-state index contributed by atoms with van der Waals surface area (Å²) < 4.78 is 34.5. The topological polar surface area (TPSA) is 127 Å². The van der Waals surface area contributed by atoms with Crippen molar-refractivity contribution in [3.63, 3.8) is 0 Å². The first-order valence-electron chi connectivity index (χ1n) is 23.0. The van der Waals surface area contributed by atoms with E-state index in [1.165, 1.54) is 56.2 Å². The van der Waals surface area contributed by atoms with E-state index in [4.69, 9.17) is 0 Å². The summed E-state index contributed by atoms with van der Waals surface area (Å²) >= 11 is 0. The van der Waals surface area contributed by atoms with Crippen molar-refractivity contribution in [1.29, 1.82) is 0 Å². The first kappa shape index (κ1) is 47.5. The van der Waals surface area contributed by atoms with E-state index in [2.05, 4.69) is 140 Å². The molecular formula is C55H61N4O6S+. The fraction of sp³-hybridized carbons (Fsp3) is 0.309. The normalized spacial score (nSPS) is 17.6. The largest absolute Gasteiger partial charge is 0.354 e. The van der Waals surface area contributed by atoms with E-state index >= 15 is 0 Å². The van der Waals surface area contributed by atoms with E-state index in [0.717, 1.165) is 42.1 Å². The molecule has 0 bridgehead atoms. The summed E-state index contributed by atoms with van der Waals surface area (Å²) in [5, 5.41) is 7.70. The highest BCUT2D eigenvalue weighted by molar-refractivity contribution is 7.85. The Balaban J connectivity index is 0.972. The van der Waals surface area contributed by atoms with E-state index in [9.17, 15) is 27.4 Å². The monoisotopic (exact) mass is 905 g/mol. The molecule has 0 spiro atoms. The SMILES string of the molecule is CC1(C)C(/C=C/C=C/C=C/C=C/C=C/C=C2/N(CCCCS(=O)(=O)O)c3ccc4ccccc4c3C2(C)C)=[N+](CCCCCC(=O)NCCN2C(=O)C=CC2=O)c2ccc3ccccc3c21. The maximum atomic E-state index is 12.5. The molecule has 342 valence electrons. The number of fused-ring (bicyclic) bond motifs is 6. The maximum Gasteiger partial charge on any atom is 0.264 e. The quantitative estimate of drug-likeness (QED) is 0.0297. The molecule has 2 N–H and O–H groups in total. The van der Waals surface area contributed by atoms with Crippen LogP contribution in [-0.2, 0) is 35.3 Å². The van der Waals surface area contributed by atoms with Gasteiger partial charge in [0.2, 0.25) is 11.6 Å². The number of anilines is 1. The van der Waals surface area contributed by atoms with Crippen LogP contribution < -0.4 is 10.2 Å². The second-order valence-corrected chi connectivity index (χ2v) is 19.6. The number of hydrogen-bond acceptors (Lipinski definition) is 6. The Morgan fingerprint density at radius 3 is 1.94 bits per heavy atom. The third-order valence-corrected chi connectivity index (χ3v) is 13.6. The minimum absolute atomic E-state index is 0.0788. The van der Waals surface area contributed by atoms with Crippen molar-refractivity contribution in [2.24, 2.45) is 0 Å². The zero-order valence-electron chi connectivity index (χ0n) is 38.5. The van der Waals surface area contributed by atoms with Gasteiger partial charge >= 0.3 is 0 Å². The molecule has 10 nitrogen and oxygen atoms in total. The second kappa shape index (κ2) is 20.8. The average molecular weight is 906 g/mol. The van der Waals surface area contributed by atoms with Crippen LogP contribution in [0.15, 0.2) is 157 Å². The van der Waals surface area contributed by atoms with Crippen LogP contribution in [0.25, 0.3) is 21.5 Å². The Hall–Kier alpha value is -6.43. The number of nitrogens with zero attached hydrogens (tertiary/aromatic N) is 3. The predicted octanol–water partition coefficient (Wildman–Crippen LogP) is 10.1. The molecule has 0 aliphatic carbocycles. The van der Waals surface area contributed by atoms with E-state index in [1.807, 2.05) is 42.5 Å². The minimum Gasteiger partial charge on any atom is -0.354 e. The molecule has 3 aliphatic heterocycles. The number of nitrogens with one attached hydrogen (secondary N) is 1. The summed E-state index contributed by atoms with van der Waals surface area (Å²) in [6, 6.07) is 25.7. The van der Waals surface area contributed by atoms with Gasteiger partial charge in [-0.2, -0.15) is 13.0 Å². The summed E-state index contributed by atoms with van der Waals surface area (Å²) in [7, 11) is -4.00. The van der Waals surface area contributed by atoms with Gasteiger partial charge in [0.25, 0.3) is 21.9 Å². The molecule has 3 amide bonds. The molecule has 0 atom stereocenters. The van der Waals surface area contributed by atoms with Crippen molar-refractivity contribution in [2.75, 3.05) is 36.8 Å². The van der Waals surface area contributed by atoms with Gasteiger partial charge in [-0.3, -0.25) is 23.8 Å². The number of allylic oxidation sites excluding steroid dienone is 12. The number of hydrogen-bond donors (Lipinski definition) is 2. The van der Waals surface area contributed by atoms with Crippen molar-refractivity contribution in [2.45, 2.75) is 77.0 Å². The molecule has 4 aromatic rings. The molecule has 11 heteroatoms. The van der Waals surface area contributed by atoms with E-state index < -0.39 is 10.1 Å². The molecule has 7 rings (SSSR count). The van der Waals surface area contributed by atoms with Gasteiger partial charge in [-0.15, -0.1) is 0 Å². The van der Waals surface area contributed by atoms with Gasteiger partial charge in [0.1, 0.15) is 6.54 Å². The fourth-order valence-corrected chi connectivity index (χ4v) is 10.2. The van der Waals surface area contributed by atoms with Crippen molar-refractivity contribution < 1.29 is 31.9 Å². The number of unbranched alkanes of at least 4 members (excludes halogenated alkanes) is 3. The van der Waals surface area contributed by atoms with Crippen molar-refractivity contribution >= 4 is 66.5 Å². The maximum absolute atomic E-state index is 12.5. The third-order valence-electron chi connectivity index (χ3n) is 12.8. The van der Waals surface area contributed by atoms with Crippen LogP contribution in [0.2, 0.25) is 0 Å². The van der Waals surface area contributed by atoms with Gasteiger partial charge in [-0.05, 0) is 84.8 Å². The number of carbonyl (C=O) groups is 3. The molecule has 0 radical (unpaired) electrons. The standard InChI is InChI=1S/C55H60N4O6S/c1-54(2)47(57(45-32-30-41-23-16-18-25-43(41)52(45)54)37-20-12-15-29-49(60)56-36-39-59-50(61)34-35-51(59)62)27-13-10-8-6-5-7-9-11-14-28-48-55(3,4)53-44-26-19-17-24-42(44)31-33-46(53)58(48)38-21-22-40-66(63,64)65/h5-11,13-14,16-19,23-28,30-35H,12,15,20-22,29,36-40H2,1-4H3,(H-,56,60,63,64,65)/p+1. The van der Waals surface area contributed by atoms with Crippen LogP contribution in [0, 0.1) is 0 Å². The van der Waals surface area contributed by atoms with Crippen LogP contribution in [-0.4, -0.2) is 77.8 Å². The number of amides is 3. The molecule has 0 saturated carbocycles. The summed E-state index contributed by atoms with van der Waals surface area (Å²) in [4.78, 5) is 39.5. The first-order chi connectivity index (χ1) is 31.7. The number of imide groups is 1. The zero-order chi connectivity index (χ0) is 46.9. The van der Waals surface area contributed by atoms with E-state index in [-0.39, 0.29) is 47.4 Å². The van der Waals surface area contributed by atoms with Gasteiger partial charge in [0.05, 0.1) is 11.2 Å². The van der Waals surface area contributed by atoms with E-state index in [1.54, 1.807) is 0 Å². The molecular weight excluding hydrogens is 845 g/mol. The van der Waals surface area contributed by atoms with Crippen LogP contribution in [0.4, 0.5) is 11.4 Å². The van der Waals surface area contributed by atoms with Gasteiger partial charge < -0.3 is 10.2 Å². The van der Waals surface area contributed by atoms with Crippen LogP contribution in [0.5, 0.6) is 0 Å². The van der Waals surface area contributed by atoms with Crippen LogP contribution in [0.3, 0.4) is 0 Å². The van der Waals surface area contributed by atoms with Crippen molar-refractivity contribution in [3.05, 3.63) is 169 Å². The lowest BCUT2D eigenvalue weighted by atomic mass is 9.79. The highest BCUT2D eigenvalue weighted by Crippen LogP contribution is 2.51. The number of rotatable bonds is 20. The minimum atomic E-state index is -4.00. The molecule has 66 heavy (non-hydrogen) atoms. The van der Waals surface area contributed by atoms with E-state index in [0.29, 0.717) is 25.8 Å². The Bertz CT molecular complexity index is 2860. The summed E-state index contributed by atoms with van der Waals surface area (Å²) in [5.41, 5.74) is 6.76. The molecule has 0 unspecified atom stereocenters. The average Bonchev–Trinajstić information content (AvgIpc) is 3.81. The predicted molar refractivity (Wildman–Crippen MR) is 268 cm³/mol. The number of benzene rings is 4. The Kier molecular flexibility index (Phi) is 15.0. The highest BCUT2D eigenvalue weighted by atomic mass is 32.2. The first-order valence-corrected chi connectivity index (χ1v) is 24.6. The van der Waals surface area contributed by atoms with Crippen LogP contribution in [0.1, 0.15) is 77.3 Å². The number of carbonyl (C=O) groups excluding carboxylic acids is 3. The van der Waals surface area contributed by atoms with Gasteiger partial charge in [-0.1, -0.05) is 123 Å². The molecule has 3 aliphatic rings. The molecule has 3 heterocycles. The van der Waals surface area contributed by atoms with Gasteiger partial charge in [0, 0.05) is 79.1 Å². The summed E-state index contributed by atoms with van der Waals surface area (Å²) in [5.74, 6) is -1.01.